The van der Waals surface area contributed by atoms with Gasteiger partial charge < -0.3 is 14.1 Å². The summed E-state index contributed by atoms with van der Waals surface area (Å²) in [4.78, 5) is 10.5. The van der Waals surface area contributed by atoms with Gasteiger partial charge in [-0.1, -0.05) is 12.1 Å². The van der Waals surface area contributed by atoms with Crippen LogP contribution in [0.1, 0.15) is 23.2 Å². The van der Waals surface area contributed by atoms with E-state index >= 15 is 0 Å². The largest absolute Gasteiger partial charge is 0.497 e. The van der Waals surface area contributed by atoms with Gasteiger partial charge in [0.1, 0.15) is 11.6 Å². The average Bonchev–Trinajstić information content (AvgIpc) is 3.20. The van der Waals surface area contributed by atoms with Crippen LogP contribution >= 0.6 is 0 Å². The maximum atomic E-state index is 5.47. The monoisotopic (exact) mass is 325 g/mol. The van der Waals surface area contributed by atoms with Gasteiger partial charge in [0.15, 0.2) is 0 Å². The fourth-order valence-electron chi connectivity index (χ4n) is 2.98. The Balaban J connectivity index is 1.53. The number of hydrogen-bond acceptors (Lipinski definition) is 6. The molecule has 1 aliphatic rings. The smallest absolute Gasteiger partial charge is 0.230 e. The summed E-state index contributed by atoms with van der Waals surface area (Å²) in [5, 5.41) is 7.95. The van der Waals surface area contributed by atoms with Crippen LogP contribution in [-0.4, -0.2) is 38.7 Å². The summed E-state index contributed by atoms with van der Waals surface area (Å²) in [5.74, 6) is 2.97. The lowest BCUT2D eigenvalue weighted by Crippen LogP contribution is -2.30. The fourth-order valence-corrected chi connectivity index (χ4v) is 2.98. The summed E-state index contributed by atoms with van der Waals surface area (Å²) in [6, 6.07) is 7.93. The molecule has 4 rings (SSSR count). The molecule has 3 aromatic rings. The van der Waals surface area contributed by atoms with E-state index in [-0.39, 0.29) is 0 Å². The number of hydrogen-bond donors (Lipinski definition) is 1. The molecule has 124 valence electrons. The topological polar surface area (TPSA) is 80.1 Å². The summed E-state index contributed by atoms with van der Waals surface area (Å²) >= 11 is 0. The number of aromatic amines is 1. The van der Waals surface area contributed by atoms with Gasteiger partial charge in [0.05, 0.1) is 25.0 Å². The minimum absolute atomic E-state index is 0.601. The number of imidazole rings is 1. The molecule has 0 saturated heterocycles. The van der Waals surface area contributed by atoms with Crippen LogP contribution in [-0.2, 0) is 19.5 Å². The van der Waals surface area contributed by atoms with E-state index in [0.717, 1.165) is 48.0 Å². The van der Waals surface area contributed by atoms with Crippen molar-refractivity contribution in [2.45, 2.75) is 26.4 Å². The molecule has 0 radical (unpaired) electrons. The normalized spacial score (nSPS) is 14.6. The van der Waals surface area contributed by atoms with E-state index in [9.17, 15) is 0 Å². The fraction of sp³-hybridized carbons (Fsp3) is 0.353. The molecule has 24 heavy (non-hydrogen) atoms. The minimum Gasteiger partial charge on any atom is -0.497 e. The second-order valence-electron chi connectivity index (χ2n) is 5.92. The molecular formula is C17H19N5O2. The highest BCUT2D eigenvalue weighted by Gasteiger charge is 2.22. The van der Waals surface area contributed by atoms with E-state index in [2.05, 4.69) is 20.1 Å². The van der Waals surface area contributed by atoms with Crippen molar-refractivity contribution in [1.82, 2.24) is 25.1 Å². The molecule has 0 unspecified atom stereocenters. The van der Waals surface area contributed by atoms with Gasteiger partial charge in [-0.2, -0.15) is 0 Å². The highest BCUT2D eigenvalue weighted by atomic mass is 16.5. The Morgan fingerprint density at radius 3 is 3.04 bits per heavy atom. The summed E-state index contributed by atoms with van der Waals surface area (Å²) in [6.45, 7) is 4.19. The summed E-state index contributed by atoms with van der Waals surface area (Å²) in [5.41, 5.74) is 3.31. The summed E-state index contributed by atoms with van der Waals surface area (Å²) in [7, 11) is 1.67. The Kier molecular flexibility index (Phi) is 3.78. The minimum atomic E-state index is 0.601. The van der Waals surface area contributed by atoms with Crippen molar-refractivity contribution < 1.29 is 9.15 Å². The van der Waals surface area contributed by atoms with E-state index in [4.69, 9.17) is 14.1 Å². The van der Waals surface area contributed by atoms with Crippen LogP contribution in [0.15, 0.2) is 28.7 Å². The first-order valence-corrected chi connectivity index (χ1v) is 7.95. The van der Waals surface area contributed by atoms with Crippen molar-refractivity contribution in [3.05, 3.63) is 47.4 Å². The Morgan fingerprint density at radius 2 is 2.25 bits per heavy atom. The molecule has 2 aromatic heterocycles. The number of rotatable bonds is 4. The molecular weight excluding hydrogens is 306 g/mol. The number of methoxy groups -OCH3 is 1. The third-order valence-electron chi connectivity index (χ3n) is 4.18. The van der Waals surface area contributed by atoms with Gasteiger partial charge in [-0.25, -0.2) is 4.98 Å². The van der Waals surface area contributed by atoms with Crippen molar-refractivity contribution in [2.75, 3.05) is 13.7 Å². The second kappa shape index (κ2) is 6.09. The third kappa shape index (κ3) is 2.90. The number of nitrogens with zero attached hydrogens (tertiary/aromatic N) is 4. The van der Waals surface area contributed by atoms with Gasteiger partial charge in [0.2, 0.25) is 11.8 Å². The number of ether oxygens (including phenoxy) is 1. The molecule has 0 saturated carbocycles. The van der Waals surface area contributed by atoms with Crippen LogP contribution in [0, 0.1) is 6.92 Å². The predicted molar refractivity (Wildman–Crippen MR) is 87.4 cm³/mol. The molecule has 0 atom stereocenters. The summed E-state index contributed by atoms with van der Waals surface area (Å²) < 4.78 is 10.8. The van der Waals surface area contributed by atoms with E-state index in [1.165, 1.54) is 0 Å². The van der Waals surface area contributed by atoms with Crippen molar-refractivity contribution in [2.24, 2.45) is 0 Å². The number of H-pyrrole nitrogens is 1. The third-order valence-corrected chi connectivity index (χ3v) is 4.18. The zero-order valence-corrected chi connectivity index (χ0v) is 13.7. The molecule has 7 heteroatoms. The van der Waals surface area contributed by atoms with Crippen molar-refractivity contribution in [3.8, 4) is 17.1 Å². The lowest BCUT2D eigenvalue weighted by atomic mass is 10.1. The lowest BCUT2D eigenvalue weighted by molar-refractivity contribution is 0.216. The van der Waals surface area contributed by atoms with Crippen molar-refractivity contribution in [3.63, 3.8) is 0 Å². The van der Waals surface area contributed by atoms with Crippen LogP contribution in [0.2, 0.25) is 0 Å². The van der Waals surface area contributed by atoms with Crippen molar-refractivity contribution >= 4 is 0 Å². The maximum Gasteiger partial charge on any atom is 0.230 e. The van der Waals surface area contributed by atoms with Gasteiger partial charge in [0, 0.05) is 32.0 Å². The second-order valence-corrected chi connectivity index (χ2v) is 5.92. The molecule has 0 amide bonds. The van der Waals surface area contributed by atoms with Crippen LogP contribution in [0.25, 0.3) is 11.4 Å². The van der Waals surface area contributed by atoms with Crippen LogP contribution < -0.4 is 4.74 Å². The van der Waals surface area contributed by atoms with E-state index in [1.807, 2.05) is 24.3 Å². The Hall–Kier alpha value is -2.67. The Labute approximate surface area is 139 Å². The molecule has 0 spiro atoms. The summed E-state index contributed by atoms with van der Waals surface area (Å²) in [6.07, 6.45) is 0.906. The zero-order chi connectivity index (χ0) is 16.5. The van der Waals surface area contributed by atoms with E-state index in [0.29, 0.717) is 18.3 Å². The molecule has 0 fully saturated rings. The molecule has 1 aromatic carbocycles. The van der Waals surface area contributed by atoms with Gasteiger partial charge >= 0.3 is 0 Å². The molecule has 7 nitrogen and oxygen atoms in total. The maximum absolute atomic E-state index is 5.47. The average molecular weight is 325 g/mol. The molecule has 0 bridgehead atoms. The highest BCUT2D eigenvalue weighted by Crippen LogP contribution is 2.25. The number of aryl methyl sites for hydroxylation is 1. The number of benzene rings is 1. The van der Waals surface area contributed by atoms with Crippen molar-refractivity contribution in [1.29, 1.82) is 0 Å². The van der Waals surface area contributed by atoms with Gasteiger partial charge in [-0.05, 0) is 12.1 Å². The van der Waals surface area contributed by atoms with Gasteiger partial charge in [-0.3, -0.25) is 4.90 Å². The zero-order valence-electron chi connectivity index (χ0n) is 13.7. The first kappa shape index (κ1) is 14.9. The number of aromatic nitrogens is 4. The van der Waals surface area contributed by atoms with Crippen LogP contribution in [0.3, 0.4) is 0 Å². The first-order chi connectivity index (χ1) is 11.7. The van der Waals surface area contributed by atoms with Crippen LogP contribution in [0.4, 0.5) is 0 Å². The first-order valence-electron chi connectivity index (χ1n) is 7.95. The van der Waals surface area contributed by atoms with Gasteiger partial charge in [0.25, 0.3) is 0 Å². The quantitative estimate of drug-likeness (QED) is 0.793. The van der Waals surface area contributed by atoms with Crippen LogP contribution in [0.5, 0.6) is 5.75 Å². The predicted octanol–water partition coefficient (Wildman–Crippen LogP) is 2.34. The Bertz CT molecular complexity index is 854. The van der Waals surface area contributed by atoms with E-state index in [1.54, 1.807) is 14.0 Å². The Morgan fingerprint density at radius 1 is 1.33 bits per heavy atom. The van der Waals surface area contributed by atoms with Gasteiger partial charge in [-0.15, -0.1) is 10.2 Å². The highest BCUT2D eigenvalue weighted by molar-refractivity contribution is 5.58. The molecule has 1 N–H and O–H groups in total. The molecule has 0 aliphatic carbocycles. The number of nitrogens with one attached hydrogen (secondary N) is 1. The molecule has 1 aliphatic heterocycles. The van der Waals surface area contributed by atoms with E-state index < -0.39 is 0 Å². The number of fused-ring (bicyclic) bond motifs is 1. The standard InChI is InChI=1S/C17H19N5O2/c1-11-20-21-16(24-11)10-22-7-6-14-15(9-22)19-17(18-14)12-4-3-5-13(8-12)23-2/h3-5,8H,6-7,9-10H2,1-2H3,(H,18,19). The lowest BCUT2D eigenvalue weighted by Gasteiger charge is -2.24. The molecule has 3 heterocycles. The SMILES string of the molecule is COc1cccc(-c2nc3c([nH]2)CN(Cc2nnc(C)o2)CC3)c1.